The van der Waals surface area contributed by atoms with E-state index in [9.17, 15) is 4.79 Å². The van der Waals surface area contributed by atoms with Crippen molar-refractivity contribution in [3.05, 3.63) is 50.9 Å². The average Bonchev–Trinajstić information content (AvgIpc) is 2.95. The lowest BCUT2D eigenvalue weighted by atomic mass is 10.1. The second-order valence-corrected chi connectivity index (χ2v) is 7.31. The number of hydrogen-bond acceptors (Lipinski definition) is 3. The number of rotatable bonds is 4. The van der Waals surface area contributed by atoms with Crippen LogP contribution in [0, 0.1) is 10.5 Å². The van der Waals surface area contributed by atoms with Crippen LogP contribution in [0.4, 0.5) is 0 Å². The number of benzene rings is 1. The smallest absolute Gasteiger partial charge is 0.255 e. The maximum atomic E-state index is 12.7. The molecule has 3 rings (SSSR count). The number of hydrogen-bond donors (Lipinski definition) is 0. The first-order valence-corrected chi connectivity index (χ1v) is 9.45. The van der Waals surface area contributed by atoms with Crippen LogP contribution in [-0.4, -0.2) is 51.7 Å². The lowest BCUT2D eigenvalue weighted by molar-refractivity contribution is 0.0627. The van der Waals surface area contributed by atoms with Crippen LogP contribution in [0.1, 0.15) is 28.5 Å². The Balaban J connectivity index is 1.58. The Morgan fingerprint density at radius 3 is 2.54 bits per heavy atom. The second-order valence-electron chi connectivity index (χ2n) is 6.14. The van der Waals surface area contributed by atoms with E-state index in [-0.39, 0.29) is 5.91 Å². The lowest BCUT2D eigenvalue weighted by Gasteiger charge is -2.34. The molecular weight excluding hydrogens is 415 g/mol. The third kappa shape index (κ3) is 3.80. The van der Waals surface area contributed by atoms with Crippen LogP contribution in [0.5, 0.6) is 0 Å². The summed E-state index contributed by atoms with van der Waals surface area (Å²) >= 11 is 2.23. The van der Waals surface area contributed by atoms with Crippen LogP contribution >= 0.6 is 22.6 Å². The molecule has 2 aromatic rings. The Morgan fingerprint density at radius 1 is 1.21 bits per heavy atom. The summed E-state index contributed by atoms with van der Waals surface area (Å²) in [5.41, 5.74) is 3.20. The standard InChI is InChI=1S/C18H23IN4O/c1-3-23-13-15(14(2)20-23)12-21-8-10-22(11-9-21)18(24)16-6-4-5-7-17(16)19/h4-7,13H,3,8-12H2,1-2H3. The zero-order valence-electron chi connectivity index (χ0n) is 14.2. The number of aromatic nitrogens is 2. The molecule has 128 valence electrons. The van der Waals surface area contributed by atoms with Crippen molar-refractivity contribution in [2.75, 3.05) is 26.2 Å². The van der Waals surface area contributed by atoms with Crippen molar-refractivity contribution in [2.24, 2.45) is 0 Å². The summed E-state index contributed by atoms with van der Waals surface area (Å²) in [6, 6.07) is 7.80. The van der Waals surface area contributed by atoms with Crippen molar-refractivity contribution >= 4 is 28.5 Å². The molecule has 0 saturated carbocycles. The number of carbonyl (C=O) groups excluding carboxylic acids is 1. The van der Waals surface area contributed by atoms with Crippen LogP contribution in [0.25, 0.3) is 0 Å². The summed E-state index contributed by atoms with van der Waals surface area (Å²) in [4.78, 5) is 17.0. The minimum atomic E-state index is 0.148. The minimum absolute atomic E-state index is 0.148. The van der Waals surface area contributed by atoms with Crippen molar-refractivity contribution in [2.45, 2.75) is 26.9 Å². The molecule has 0 aliphatic carbocycles. The SMILES string of the molecule is CCn1cc(CN2CCN(C(=O)c3ccccc3I)CC2)c(C)n1. The predicted molar refractivity (Wildman–Crippen MR) is 103 cm³/mol. The topological polar surface area (TPSA) is 41.4 Å². The number of halogens is 1. The van der Waals surface area contributed by atoms with Gasteiger partial charge >= 0.3 is 0 Å². The van der Waals surface area contributed by atoms with E-state index in [1.807, 2.05) is 33.8 Å². The second kappa shape index (κ2) is 7.65. The highest BCUT2D eigenvalue weighted by molar-refractivity contribution is 14.1. The summed E-state index contributed by atoms with van der Waals surface area (Å²) in [6.45, 7) is 9.37. The molecular formula is C18H23IN4O. The van der Waals surface area contributed by atoms with E-state index in [4.69, 9.17) is 0 Å². The fourth-order valence-electron chi connectivity index (χ4n) is 3.03. The normalized spacial score (nSPS) is 15.7. The van der Waals surface area contributed by atoms with Gasteiger partial charge in [0.25, 0.3) is 5.91 Å². The fraction of sp³-hybridized carbons (Fsp3) is 0.444. The molecule has 1 amide bonds. The molecule has 1 fully saturated rings. The van der Waals surface area contributed by atoms with Gasteiger partial charge in [-0.05, 0) is 48.6 Å². The van der Waals surface area contributed by atoms with Gasteiger partial charge in [0.05, 0.1) is 11.3 Å². The quantitative estimate of drug-likeness (QED) is 0.690. The predicted octanol–water partition coefficient (Wildman–Crippen LogP) is 2.77. The summed E-state index contributed by atoms with van der Waals surface area (Å²) in [7, 11) is 0. The molecule has 5 nitrogen and oxygen atoms in total. The zero-order chi connectivity index (χ0) is 17.1. The maximum absolute atomic E-state index is 12.7. The van der Waals surface area contributed by atoms with Gasteiger partial charge in [0.15, 0.2) is 0 Å². The number of nitrogens with zero attached hydrogens (tertiary/aromatic N) is 4. The number of carbonyl (C=O) groups is 1. The van der Waals surface area contributed by atoms with Crippen LogP contribution in [0.2, 0.25) is 0 Å². The van der Waals surface area contributed by atoms with Crippen molar-refractivity contribution in [3.8, 4) is 0 Å². The molecule has 1 aromatic carbocycles. The number of piperazine rings is 1. The largest absolute Gasteiger partial charge is 0.336 e. The highest BCUT2D eigenvalue weighted by Gasteiger charge is 2.23. The van der Waals surface area contributed by atoms with Crippen LogP contribution < -0.4 is 0 Å². The van der Waals surface area contributed by atoms with E-state index in [1.165, 1.54) is 5.56 Å². The van der Waals surface area contributed by atoms with Crippen molar-refractivity contribution < 1.29 is 4.79 Å². The summed E-state index contributed by atoms with van der Waals surface area (Å²) in [5.74, 6) is 0.148. The molecule has 2 heterocycles. The Bertz CT molecular complexity index is 720. The monoisotopic (exact) mass is 438 g/mol. The third-order valence-corrected chi connectivity index (χ3v) is 5.47. The van der Waals surface area contributed by atoms with Crippen molar-refractivity contribution in [3.63, 3.8) is 0 Å². The molecule has 0 spiro atoms. The minimum Gasteiger partial charge on any atom is -0.336 e. The maximum Gasteiger partial charge on any atom is 0.255 e. The summed E-state index contributed by atoms with van der Waals surface area (Å²) < 4.78 is 3.01. The summed E-state index contributed by atoms with van der Waals surface area (Å²) in [6.07, 6.45) is 2.14. The van der Waals surface area contributed by atoms with E-state index in [0.717, 1.165) is 54.1 Å². The van der Waals surface area contributed by atoms with Crippen LogP contribution in [0.15, 0.2) is 30.5 Å². The molecule has 1 aromatic heterocycles. The fourth-order valence-corrected chi connectivity index (χ4v) is 3.65. The highest BCUT2D eigenvalue weighted by Crippen LogP contribution is 2.17. The van der Waals surface area contributed by atoms with Crippen LogP contribution in [-0.2, 0) is 13.1 Å². The molecule has 24 heavy (non-hydrogen) atoms. The number of aryl methyl sites for hydroxylation is 2. The highest BCUT2D eigenvalue weighted by atomic mass is 127. The van der Waals surface area contributed by atoms with Gasteiger partial charge in [-0.1, -0.05) is 12.1 Å². The first-order valence-electron chi connectivity index (χ1n) is 8.37. The molecule has 1 aliphatic rings. The molecule has 0 atom stereocenters. The van der Waals surface area contributed by atoms with Gasteiger partial charge in [-0.25, -0.2) is 0 Å². The van der Waals surface area contributed by atoms with Gasteiger partial charge in [-0.3, -0.25) is 14.4 Å². The van der Waals surface area contributed by atoms with E-state index in [1.54, 1.807) is 0 Å². The Labute approximate surface area is 156 Å². The van der Waals surface area contributed by atoms with Gasteiger partial charge < -0.3 is 4.90 Å². The Morgan fingerprint density at radius 2 is 1.92 bits per heavy atom. The van der Waals surface area contributed by atoms with Crippen molar-refractivity contribution in [1.29, 1.82) is 0 Å². The molecule has 1 saturated heterocycles. The van der Waals surface area contributed by atoms with E-state index >= 15 is 0 Å². The molecule has 0 N–H and O–H groups in total. The third-order valence-electron chi connectivity index (χ3n) is 4.53. The lowest BCUT2D eigenvalue weighted by Crippen LogP contribution is -2.48. The summed E-state index contributed by atoms with van der Waals surface area (Å²) in [5, 5.41) is 4.51. The van der Waals surface area contributed by atoms with Crippen LogP contribution in [0.3, 0.4) is 0 Å². The van der Waals surface area contributed by atoms with E-state index in [2.05, 4.69) is 52.6 Å². The van der Waals surface area contributed by atoms with Gasteiger partial charge in [0, 0.05) is 54.6 Å². The molecule has 1 aliphatic heterocycles. The number of amides is 1. The Kier molecular flexibility index (Phi) is 5.55. The van der Waals surface area contributed by atoms with Gasteiger partial charge in [-0.15, -0.1) is 0 Å². The average molecular weight is 438 g/mol. The van der Waals surface area contributed by atoms with E-state index in [0.29, 0.717) is 0 Å². The first kappa shape index (κ1) is 17.4. The van der Waals surface area contributed by atoms with Gasteiger partial charge in [-0.2, -0.15) is 5.10 Å². The van der Waals surface area contributed by atoms with Crippen molar-refractivity contribution in [1.82, 2.24) is 19.6 Å². The van der Waals surface area contributed by atoms with E-state index < -0.39 is 0 Å². The Hall–Kier alpha value is -1.41. The molecule has 0 radical (unpaired) electrons. The first-order chi connectivity index (χ1) is 11.6. The molecule has 0 unspecified atom stereocenters. The zero-order valence-corrected chi connectivity index (χ0v) is 16.4. The van der Waals surface area contributed by atoms with Gasteiger partial charge in [0.1, 0.15) is 0 Å². The van der Waals surface area contributed by atoms with Gasteiger partial charge in [0.2, 0.25) is 0 Å². The molecule has 0 bridgehead atoms. The molecule has 6 heteroatoms.